The van der Waals surface area contributed by atoms with Gasteiger partial charge in [0.1, 0.15) is 12.4 Å². The SMILES string of the molecule is CCC(=O)OC(O)Cn1nc(C)cc1N. The van der Waals surface area contributed by atoms with Crippen LogP contribution in [0.3, 0.4) is 0 Å². The number of esters is 1. The van der Waals surface area contributed by atoms with Crippen LogP contribution in [0, 0.1) is 6.92 Å². The predicted octanol–water partition coefficient (Wildman–Crippen LogP) is 0.0453. The number of hydrogen-bond acceptors (Lipinski definition) is 5. The number of carbonyl (C=O) groups excluding carboxylic acids is 1. The second-order valence-corrected chi connectivity index (χ2v) is 3.19. The predicted molar refractivity (Wildman–Crippen MR) is 53.8 cm³/mol. The van der Waals surface area contributed by atoms with Crippen LogP contribution < -0.4 is 5.73 Å². The fourth-order valence-corrected chi connectivity index (χ4v) is 1.13. The van der Waals surface area contributed by atoms with E-state index in [0.717, 1.165) is 5.69 Å². The Morgan fingerprint density at radius 2 is 2.47 bits per heavy atom. The molecule has 0 spiro atoms. The molecule has 1 heterocycles. The van der Waals surface area contributed by atoms with Crippen molar-refractivity contribution < 1.29 is 14.6 Å². The van der Waals surface area contributed by atoms with E-state index in [1.165, 1.54) is 4.68 Å². The van der Waals surface area contributed by atoms with Gasteiger partial charge in [0.2, 0.25) is 6.29 Å². The van der Waals surface area contributed by atoms with Gasteiger partial charge in [-0.05, 0) is 6.92 Å². The van der Waals surface area contributed by atoms with Gasteiger partial charge in [0, 0.05) is 12.5 Å². The highest BCUT2D eigenvalue weighted by atomic mass is 16.6. The third-order valence-corrected chi connectivity index (χ3v) is 1.82. The van der Waals surface area contributed by atoms with E-state index < -0.39 is 12.3 Å². The number of ether oxygens (including phenoxy) is 1. The lowest BCUT2D eigenvalue weighted by atomic mass is 10.5. The number of nitrogens with two attached hydrogens (primary N) is 1. The van der Waals surface area contributed by atoms with Crippen LogP contribution in [0.2, 0.25) is 0 Å². The number of aliphatic hydroxyl groups excluding tert-OH is 1. The zero-order chi connectivity index (χ0) is 11.4. The lowest BCUT2D eigenvalue weighted by molar-refractivity contribution is -0.169. The summed E-state index contributed by atoms with van der Waals surface area (Å²) < 4.78 is 6.06. The van der Waals surface area contributed by atoms with Crippen molar-refractivity contribution in [3.05, 3.63) is 11.8 Å². The highest BCUT2D eigenvalue weighted by Crippen LogP contribution is 2.06. The van der Waals surface area contributed by atoms with Crippen molar-refractivity contribution in [3.8, 4) is 0 Å². The van der Waals surface area contributed by atoms with Gasteiger partial charge < -0.3 is 15.6 Å². The smallest absolute Gasteiger partial charge is 0.307 e. The number of anilines is 1. The van der Waals surface area contributed by atoms with E-state index in [0.29, 0.717) is 5.82 Å². The third kappa shape index (κ3) is 3.25. The first kappa shape index (κ1) is 11.5. The molecule has 0 aliphatic rings. The first-order valence-electron chi connectivity index (χ1n) is 4.70. The van der Waals surface area contributed by atoms with Crippen molar-refractivity contribution in [1.82, 2.24) is 9.78 Å². The van der Waals surface area contributed by atoms with Crippen LogP contribution in [0.4, 0.5) is 5.82 Å². The summed E-state index contributed by atoms with van der Waals surface area (Å²) in [5, 5.41) is 13.4. The van der Waals surface area contributed by atoms with Crippen LogP contribution in [-0.2, 0) is 16.1 Å². The molecular weight excluding hydrogens is 198 g/mol. The summed E-state index contributed by atoms with van der Waals surface area (Å²) >= 11 is 0. The summed E-state index contributed by atoms with van der Waals surface area (Å²) in [4.78, 5) is 10.9. The van der Waals surface area contributed by atoms with E-state index in [4.69, 9.17) is 5.73 Å². The average Bonchev–Trinajstić information content (AvgIpc) is 2.44. The quantitative estimate of drug-likeness (QED) is 0.544. The Hall–Kier alpha value is -1.56. The number of nitrogens with zero attached hydrogens (tertiary/aromatic N) is 2. The molecule has 6 heteroatoms. The van der Waals surface area contributed by atoms with Gasteiger partial charge in [0.25, 0.3) is 0 Å². The molecule has 84 valence electrons. The summed E-state index contributed by atoms with van der Waals surface area (Å²) in [5.74, 6) is -0.0240. The Balaban J connectivity index is 2.54. The molecule has 6 nitrogen and oxygen atoms in total. The number of aromatic nitrogens is 2. The Morgan fingerprint density at radius 1 is 1.80 bits per heavy atom. The lowest BCUT2D eigenvalue weighted by Gasteiger charge is -2.12. The molecule has 0 fully saturated rings. The topological polar surface area (TPSA) is 90.4 Å². The summed E-state index contributed by atoms with van der Waals surface area (Å²) in [6.45, 7) is 3.49. The minimum atomic E-state index is -1.21. The molecular formula is C9H15N3O3. The molecule has 0 aliphatic carbocycles. The van der Waals surface area contributed by atoms with Gasteiger partial charge in [0.05, 0.1) is 5.69 Å². The highest BCUT2D eigenvalue weighted by molar-refractivity contribution is 5.68. The molecule has 1 unspecified atom stereocenters. The molecule has 0 radical (unpaired) electrons. The van der Waals surface area contributed by atoms with E-state index in [-0.39, 0.29) is 13.0 Å². The maximum atomic E-state index is 10.9. The zero-order valence-electron chi connectivity index (χ0n) is 8.80. The van der Waals surface area contributed by atoms with Crippen LogP contribution in [0.1, 0.15) is 19.0 Å². The van der Waals surface area contributed by atoms with Crippen LogP contribution in [-0.4, -0.2) is 27.1 Å². The van der Waals surface area contributed by atoms with E-state index in [2.05, 4.69) is 9.84 Å². The van der Waals surface area contributed by atoms with Gasteiger partial charge in [-0.1, -0.05) is 6.92 Å². The van der Waals surface area contributed by atoms with Crippen molar-refractivity contribution in [2.75, 3.05) is 5.73 Å². The molecule has 3 N–H and O–H groups in total. The molecule has 15 heavy (non-hydrogen) atoms. The number of rotatable bonds is 4. The zero-order valence-corrected chi connectivity index (χ0v) is 8.80. The van der Waals surface area contributed by atoms with Gasteiger partial charge in [-0.3, -0.25) is 4.79 Å². The molecule has 0 aromatic carbocycles. The second-order valence-electron chi connectivity index (χ2n) is 3.19. The van der Waals surface area contributed by atoms with Gasteiger partial charge in [-0.25, -0.2) is 4.68 Å². The molecule has 1 atom stereocenters. The standard InChI is InChI=1S/C9H15N3O3/c1-3-8(13)15-9(14)5-12-7(10)4-6(2)11-12/h4,9,14H,3,5,10H2,1-2H3. The maximum absolute atomic E-state index is 10.9. The fourth-order valence-electron chi connectivity index (χ4n) is 1.13. The minimum Gasteiger partial charge on any atom is -0.434 e. The summed E-state index contributed by atoms with van der Waals surface area (Å²) in [6.07, 6.45) is -0.982. The number of hydrogen-bond donors (Lipinski definition) is 2. The molecule has 0 saturated carbocycles. The average molecular weight is 213 g/mol. The largest absolute Gasteiger partial charge is 0.434 e. The minimum absolute atomic E-state index is 0.0470. The molecule has 1 rings (SSSR count). The van der Waals surface area contributed by atoms with E-state index in [1.807, 2.05) is 0 Å². The fraction of sp³-hybridized carbons (Fsp3) is 0.556. The molecule has 0 amide bonds. The normalized spacial score (nSPS) is 12.5. The van der Waals surface area contributed by atoms with Gasteiger partial charge >= 0.3 is 5.97 Å². The van der Waals surface area contributed by atoms with Gasteiger partial charge in [-0.2, -0.15) is 5.10 Å². The van der Waals surface area contributed by atoms with Crippen LogP contribution >= 0.6 is 0 Å². The van der Waals surface area contributed by atoms with Crippen LogP contribution in [0.25, 0.3) is 0 Å². The first-order valence-corrected chi connectivity index (χ1v) is 4.70. The molecule has 1 aromatic heterocycles. The van der Waals surface area contributed by atoms with Crippen molar-refractivity contribution in [1.29, 1.82) is 0 Å². The molecule has 0 bridgehead atoms. The van der Waals surface area contributed by atoms with E-state index in [9.17, 15) is 9.90 Å². The Bertz CT molecular complexity index is 348. The monoisotopic (exact) mass is 213 g/mol. The van der Waals surface area contributed by atoms with Crippen molar-refractivity contribution >= 4 is 11.8 Å². The number of carbonyl (C=O) groups is 1. The Morgan fingerprint density at radius 3 is 2.93 bits per heavy atom. The van der Waals surface area contributed by atoms with Crippen LogP contribution in [0.15, 0.2) is 6.07 Å². The van der Waals surface area contributed by atoms with Crippen LogP contribution in [0.5, 0.6) is 0 Å². The van der Waals surface area contributed by atoms with Gasteiger partial charge in [-0.15, -0.1) is 0 Å². The van der Waals surface area contributed by atoms with E-state index >= 15 is 0 Å². The second kappa shape index (κ2) is 4.79. The Kier molecular flexibility index (Phi) is 3.68. The van der Waals surface area contributed by atoms with E-state index in [1.54, 1.807) is 19.9 Å². The first-order chi connectivity index (χ1) is 7.02. The molecule has 0 saturated heterocycles. The summed E-state index contributed by atoms with van der Waals surface area (Å²) in [5.41, 5.74) is 6.35. The Labute approximate surface area is 87.6 Å². The summed E-state index contributed by atoms with van der Waals surface area (Å²) in [6, 6.07) is 1.67. The maximum Gasteiger partial charge on any atom is 0.307 e. The number of aliphatic hydroxyl groups is 1. The highest BCUT2D eigenvalue weighted by Gasteiger charge is 2.12. The molecule has 0 aliphatic heterocycles. The number of nitrogen functional groups attached to an aromatic ring is 1. The van der Waals surface area contributed by atoms with Gasteiger partial charge in [0.15, 0.2) is 0 Å². The van der Waals surface area contributed by atoms with Crippen molar-refractivity contribution in [3.63, 3.8) is 0 Å². The van der Waals surface area contributed by atoms with Crippen molar-refractivity contribution in [2.45, 2.75) is 33.1 Å². The van der Waals surface area contributed by atoms with Crippen molar-refractivity contribution in [2.24, 2.45) is 0 Å². The lowest BCUT2D eigenvalue weighted by Crippen LogP contribution is -2.24. The summed E-state index contributed by atoms with van der Waals surface area (Å²) in [7, 11) is 0. The molecule has 1 aromatic rings. The number of aryl methyl sites for hydroxylation is 1. The third-order valence-electron chi connectivity index (χ3n) is 1.82.